The minimum absolute atomic E-state index is 0.00424. The molecule has 2 aromatic rings. The Kier molecular flexibility index (Phi) is 8.64. The van der Waals surface area contributed by atoms with E-state index in [1.165, 1.54) is 7.11 Å². The zero-order valence-electron chi connectivity index (χ0n) is 18.9. The van der Waals surface area contributed by atoms with Crippen LogP contribution in [0.1, 0.15) is 37.7 Å². The lowest BCUT2D eigenvalue weighted by Gasteiger charge is -2.36. The third kappa shape index (κ3) is 6.08. The van der Waals surface area contributed by atoms with Gasteiger partial charge in [-0.2, -0.15) is 0 Å². The van der Waals surface area contributed by atoms with Crippen LogP contribution in [-0.4, -0.2) is 67.7 Å². The van der Waals surface area contributed by atoms with Gasteiger partial charge in [0.1, 0.15) is 0 Å². The first-order valence-electron chi connectivity index (χ1n) is 10.9. The number of rotatable bonds is 11. The van der Waals surface area contributed by atoms with Gasteiger partial charge in [-0.25, -0.2) is 9.97 Å². The van der Waals surface area contributed by atoms with Gasteiger partial charge in [0.25, 0.3) is 0 Å². The number of nitrogens with one attached hydrogen (secondary N) is 1. The fraction of sp³-hybridized carbons (Fsp3) is 0.522. The topological polar surface area (TPSA) is 106 Å². The maximum absolute atomic E-state index is 11.4. The minimum Gasteiger partial charge on any atom is -0.481 e. The first kappa shape index (κ1) is 23.7. The zero-order valence-corrected chi connectivity index (χ0v) is 18.9. The normalized spacial score (nSPS) is 15.2. The van der Waals surface area contributed by atoms with Crippen molar-refractivity contribution in [2.24, 2.45) is 0 Å². The Labute approximate surface area is 188 Å². The molecule has 1 aromatic carbocycles. The lowest BCUT2D eigenvalue weighted by Crippen LogP contribution is -2.39. The van der Waals surface area contributed by atoms with Crippen molar-refractivity contribution < 1.29 is 24.1 Å². The van der Waals surface area contributed by atoms with Crippen molar-refractivity contribution in [3.8, 4) is 6.01 Å². The van der Waals surface area contributed by atoms with E-state index in [1.54, 1.807) is 19.5 Å². The number of aromatic nitrogens is 2. The highest BCUT2D eigenvalue weighted by Crippen LogP contribution is 2.35. The van der Waals surface area contributed by atoms with Gasteiger partial charge in [0.05, 0.1) is 49.6 Å². The van der Waals surface area contributed by atoms with Crippen LogP contribution in [0.25, 0.3) is 0 Å². The number of carboxylic acid groups (broad SMARTS) is 1. The van der Waals surface area contributed by atoms with Crippen molar-refractivity contribution in [1.82, 2.24) is 9.97 Å². The molecule has 3 rings (SSSR count). The molecule has 0 bridgehead atoms. The molecule has 1 aliphatic rings. The molecule has 0 unspecified atom stereocenters. The van der Waals surface area contributed by atoms with Crippen molar-refractivity contribution in [1.29, 1.82) is 0 Å². The molecular weight excluding hydrogens is 412 g/mol. The highest BCUT2D eigenvalue weighted by molar-refractivity contribution is 5.77. The van der Waals surface area contributed by atoms with E-state index in [0.717, 1.165) is 49.5 Å². The lowest BCUT2D eigenvalue weighted by atomic mass is 9.95. The smallest absolute Gasteiger partial charge is 0.316 e. The molecule has 32 heavy (non-hydrogen) atoms. The summed E-state index contributed by atoms with van der Waals surface area (Å²) >= 11 is 0. The molecule has 174 valence electrons. The van der Waals surface area contributed by atoms with Gasteiger partial charge in [-0.15, -0.1) is 0 Å². The monoisotopic (exact) mass is 444 g/mol. The molecule has 1 aromatic heterocycles. The fourth-order valence-corrected chi connectivity index (χ4v) is 4.11. The van der Waals surface area contributed by atoms with Crippen molar-refractivity contribution >= 4 is 23.0 Å². The molecule has 9 nitrogen and oxygen atoms in total. The van der Waals surface area contributed by atoms with Crippen molar-refractivity contribution in [3.05, 3.63) is 36.2 Å². The fourth-order valence-electron chi connectivity index (χ4n) is 4.11. The highest BCUT2D eigenvalue weighted by atomic mass is 16.5. The number of anilines is 3. The van der Waals surface area contributed by atoms with Crippen LogP contribution in [0.15, 0.2) is 30.6 Å². The van der Waals surface area contributed by atoms with Crippen LogP contribution in [0.4, 0.5) is 17.1 Å². The van der Waals surface area contributed by atoms with Gasteiger partial charge in [-0.05, 0) is 37.5 Å². The molecule has 0 amide bonds. The molecule has 2 heterocycles. The van der Waals surface area contributed by atoms with Crippen molar-refractivity contribution in [3.63, 3.8) is 0 Å². The molecule has 1 fully saturated rings. The Balaban J connectivity index is 1.98. The summed E-state index contributed by atoms with van der Waals surface area (Å²) < 4.78 is 15.9. The molecule has 1 saturated heterocycles. The molecule has 2 N–H and O–H groups in total. The summed E-state index contributed by atoms with van der Waals surface area (Å²) in [4.78, 5) is 22.1. The molecule has 0 saturated carbocycles. The van der Waals surface area contributed by atoms with Gasteiger partial charge in [-0.3, -0.25) is 4.79 Å². The predicted molar refractivity (Wildman–Crippen MR) is 122 cm³/mol. The summed E-state index contributed by atoms with van der Waals surface area (Å²) in [5.74, 6) is -1.11. The Bertz CT molecular complexity index is 871. The second-order valence-electron chi connectivity index (χ2n) is 7.74. The van der Waals surface area contributed by atoms with Crippen LogP contribution in [0, 0.1) is 0 Å². The van der Waals surface area contributed by atoms with E-state index in [0.29, 0.717) is 24.3 Å². The van der Waals surface area contributed by atoms with E-state index in [4.69, 9.17) is 14.2 Å². The number of carboxylic acids is 1. The van der Waals surface area contributed by atoms with E-state index in [9.17, 15) is 9.90 Å². The second-order valence-corrected chi connectivity index (χ2v) is 7.74. The number of hydrogen-bond donors (Lipinski definition) is 2. The van der Waals surface area contributed by atoms with Gasteiger partial charge in [0, 0.05) is 38.8 Å². The molecule has 0 radical (unpaired) electrons. The number of ether oxygens (including phenoxy) is 3. The van der Waals surface area contributed by atoms with Crippen LogP contribution in [0.5, 0.6) is 6.01 Å². The SMILES string of the molecule is CCN(c1ccc([C@@H](COC)CC(=O)O)cc1Nc1cnc(OC)nc1)C1CCOCC1. The number of benzene rings is 1. The van der Waals surface area contributed by atoms with Crippen LogP contribution >= 0.6 is 0 Å². The molecular formula is C23H32N4O5. The average molecular weight is 445 g/mol. The Hall–Kier alpha value is -2.91. The number of methoxy groups -OCH3 is 2. The molecule has 9 heteroatoms. The van der Waals surface area contributed by atoms with Crippen LogP contribution in [0.2, 0.25) is 0 Å². The molecule has 1 atom stereocenters. The van der Waals surface area contributed by atoms with Crippen molar-refractivity contribution in [2.45, 2.75) is 38.1 Å². The van der Waals surface area contributed by atoms with Crippen LogP contribution in [0.3, 0.4) is 0 Å². The number of carbonyl (C=O) groups is 1. The van der Waals surface area contributed by atoms with E-state index in [2.05, 4.69) is 33.2 Å². The number of hydrogen-bond acceptors (Lipinski definition) is 8. The quantitative estimate of drug-likeness (QED) is 0.539. The maximum Gasteiger partial charge on any atom is 0.316 e. The third-order valence-corrected chi connectivity index (χ3v) is 5.65. The third-order valence-electron chi connectivity index (χ3n) is 5.65. The lowest BCUT2D eigenvalue weighted by molar-refractivity contribution is -0.137. The summed E-state index contributed by atoms with van der Waals surface area (Å²) in [7, 11) is 3.11. The predicted octanol–water partition coefficient (Wildman–Crippen LogP) is 3.44. The summed E-state index contributed by atoms with van der Waals surface area (Å²) in [6.45, 7) is 4.82. The van der Waals surface area contributed by atoms with E-state index >= 15 is 0 Å². The van der Waals surface area contributed by atoms with E-state index in [-0.39, 0.29) is 12.3 Å². The van der Waals surface area contributed by atoms with Gasteiger partial charge in [0.2, 0.25) is 0 Å². The summed E-state index contributed by atoms with van der Waals surface area (Å²) in [5.41, 5.74) is 3.54. The Morgan fingerprint density at radius 3 is 2.59 bits per heavy atom. The average Bonchev–Trinajstić information content (AvgIpc) is 2.81. The van der Waals surface area contributed by atoms with Gasteiger partial charge in [0.15, 0.2) is 0 Å². The van der Waals surface area contributed by atoms with Crippen molar-refractivity contribution in [2.75, 3.05) is 50.8 Å². The summed E-state index contributed by atoms with van der Waals surface area (Å²) in [6, 6.07) is 6.74. The first-order valence-corrected chi connectivity index (χ1v) is 10.9. The van der Waals surface area contributed by atoms with Gasteiger partial charge in [-0.1, -0.05) is 6.07 Å². The highest BCUT2D eigenvalue weighted by Gasteiger charge is 2.24. The van der Waals surface area contributed by atoms with E-state index < -0.39 is 5.97 Å². The van der Waals surface area contributed by atoms with Gasteiger partial charge < -0.3 is 29.5 Å². The Morgan fingerprint density at radius 1 is 1.28 bits per heavy atom. The van der Waals surface area contributed by atoms with Crippen LogP contribution in [-0.2, 0) is 14.3 Å². The molecule has 0 spiro atoms. The molecule has 0 aliphatic carbocycles. The first-order chi connectivity index (χ1) is 15.5. The zero-order chi connectivity index (χ0) is 22.9. The largest absolute Gasteiger partial charge is 0.481 e. The Morgan fingerprint density at radius 2 is 2.00 bits per heavy atom. The summed E-state index contributed by atoms with van der Waals surface area (Å²) in [5, 5.41) is 12.8. The number of nitrogens with zero attached hydrogens (tertiary/aromatic N) is 3. The van der Waals surface area contributed by atoms with E-state index in [1.807, 2.05) is 12.1 Å². The summed E-state index contributed by atoms with van der Waals surface area (Å²) in [6.07, 6.45) is 5.25. The second kappa shape index (κ2) is 11.6. The molecule has 1 aliphatic heterocycles. The van der Waals surface area contributed by atoms with Crippen LogP contribution < -0.4 is 15.0 Å². The standard InChI is InChI=1S/C23H32N4O5/c1-4-27(19-7-9-32-10-8-19)21-6-5-16(17(15-30-2)12-22(28)29)11-20(21)26-18-13-24-23(31-3)25-14-18/h5-6,11,13-14,17,19,26H,4,7-10,12,15H2,1-3H3,(H,28,29)/t17-/m1/s1. The number of aliphatic carboxylic acids is 1. The van der Waals surface area contributed by atoms with Gasteiger partial charge >= 0.3 is 12.0 Å². The minimum atomic E-state index is -0.855. The maximum atomic E-state index is 11.4.